The molecule has 0 saturated carbocycles. The molecule has 0 amide bonds. The molecule has 8 heteroatoms. The number of rotatable bonds is 4. The number of anilines is 1. The van der Waals surface area contributed by atoms with E-state index in [2.05, 4.69) is 0 Å². The first-order valence-electron chi connectivity index (χ1n) is 7.87. The van der Waals surface area contributed by atoms with Crippen molar-refractivity contribution in [2.75, 3.05) is 25.5 Å². The largest absolute Gasteiger partial charge is 0.479 e. The summed E-state index contributed by atoms with van der Waals surface area (Å²) in [6.07, 6.45) is 0.126. The zero-order valence-electron chi connectivity index (χ0n) is 14.0. The van der Waals surface area contributed by atoms with Gasteiger partial charge in [-0.05, 0) is 25.0 Å². The van der Waals surface area contributed by atoms with E-state index in [9.17, 15) is 23.5 Å². The number of aliphatic carboxylic acids is 1. The number of hydrogen-bond acceptors (Lipinski definition) is 6. The molecule has 1 atom stereocenters. The highest BCUT2D eigenvalue weighted by Gasteiger charge is 2.59. The van der Waals surface area contributed by atoms with Crippen LogP contribution in [-0.4, -0.2) is 55.3 Å². The topological polar surface area (TPSA) is 98.2 Å². The zero-order valence-corrected chi connectivity index (χ0v) is 14.8. The molecular weight excluding hydrogens is 344 g/mol. The summed E-state index contributed by atoms with van der Waals surface area (Å²) in [7, 11) is -0.663. The van der Waals surface area contributed by atoms with Gasteiger partial charge in [-0.3, -0.25) is 0 Å². The number of carboxylic acids is 1. The molecule has 7 nitrogen and oxygen atoms in total. The lowest BCUT2D eigenvalue weighted by Crippen LogP contribution is -2.55. The maximum absolute atomic E-state index is 13.3. The molecular formula is C17H20N2O5S. The maximum Gasteiger partial charge on any atom is 0.342 e. The lowest BCUT2D eigenvalue weighted by atomic mass is 10.1. The van der Waals surface area contributed by atoms with E-state index in [1.165, 1.54) is 6.07 Å². The van der Waals surface area contributed by atoms with Gasteiger partial charge in [0.15, 0.2) is 0 Å². The Morgan fingerprint density at radius 1 is 1.16 bits per heavy atom. The van der Waals surface area contributed by atoms with Gasteiger partial charge in [0.1, 0.15) is 0 Å². The van der Waals surface area contributed by atoms with Crippen molar-refractivity contribution >= 4 is 32.3 Å². The summed E-state index contributed by atoms with van der Waals surface area (Å²) in [6.45, 7) is -0.000750. The van der Waals surface area contributed by atoms with Crippen molar-refractivity contribution in [2.45, 2.75) is 22.6 Å². The summed E-state index contributed by atoms with van der Waals surface area (Å²) in [4.78, 5) is 11.3. The van der Waals surface area contributed by atoms with Gasteiger partial charge in [-0.1, -0.05) is 24.3 Å². The molecule has 2 N–H and O–H groups in total. The van der Waals surface area contributed by atoms with Crippen LogP contribution in [0.2, 0.25) is 0 Å². The van der Waals surface area contributed by atoms with Crippen molar-refractivity contribution in [1.82, 2.24) is 5.06 Å². The van der Waals surface area contributed by atoms with E-state index >= 15 is 0 Å². The van der Waals surface area contributed by atoms with E-state index in [1.54, 1.807) is 24.3 Å². The Labute approximate surface area is 146 Å². The molecule has 2 aromatic rings. The van der Waals surface area contributed by atoms with Gasteiger partial charge >= 0.3 is 5.97 Å². The second-order valence-corrected chi connectivity index (χ2v) is 8.46. The fourth-order valence-corrected chi connectivity index (χ4v) is 5.55. The van der Waals surface area contributed by atoms with E-state index in [0.29, 0.717) is 15.8 Å². The van der Waals surface area contributed by atoms with Crippen LogP contribution in [0.4, 0.5) is 5.69 Å². The van der Waals surface area contributed by atoms with Gasteiger partial charge in [0.25, 0.3) is 0 Å². The van der Waals surface area contributed by atoms with Gasteiger partial charge in [0, 0.05) is 37.1 Å². The van der Waals surface area contributed by atoms with Crippen LogP contribution in [0.25, 0.3) is 10.8 Å². The fraction of sp³-hybridized carbons (Fsp3) is 0.353. The average molecular weight is 364 g/mol. The Morgan fingerprint density at radius 2 is 1.80 bits per heavy atom. The molecule has 2 aromatic carbocycles. The summed E-state index contributed by atoms with van der Waals surface area (Å²) in [5.74, 6) is -1.56. The van der Waals surface area contributed by atoms with E-state index < -0.39 is 20.7 Å². The zero-order chi connectivity index (χ0) is 18.4. The predicted octanol–water partition coefficient (Wildman–Crippen LogP) is 1.95. The molecule has 0 aromatic heterocycles. The van der Waals surface area contributed by atoms with Crippen molar-refractivity contribution in [1.29, 1.82) is 0 Å². The lowest BCUT2D eigenvalue weighted by molar-refractivity contribution is -0.168. The van der Waals surface area contributed by atoms with Crippen molar-refractivity contribution in [3.05, 3.63) is 36.4 Å². The molecule has 0 aliphatic carbocycles. The molecule has 0 unspecified atom stereocenters. The minimum atomic E-state index is -4.36. The summed E-state index contributed by atoms with van der Waals surface area (Å²) < 4.78 is 26.6. The smallest absolute Gasteiger partial charge is 0.342 e. The molecule has 0 bridgehead atoms. The molecule has 0 spiro atoms. The number of benzene rings is 2. The third kappa shape index (κ3) is 2.40. The molecule has 1 heterocycles. The number of sulfone groups is 1. The summed E-state index contributed by atoms with van der Waals surface area (Å²) in [5.41, 5.74) is 0.825. The standard InChI is InChI=1S/C17H20N2O5S/c1-18(2)14-8-3-7-13-12(14)6-4-9-15(13)25(23,24)17(16(20)21)10-5-11-19(17)22/h3-4,6-9,22H,5,10-11H2,1-2H3,(H,20,21)/t17-/m1/s1. The van der Waals surface area contributed by atoms with E-state index in [0.717, 1.165) is 5.69 Å². The molecule has 1 aliphatic rings. The summed E-state index contributed by atoms with van der Waals surface area (Å²) in [5, 5.41) is 21.3. The molecule has 1 fully saturated rings. The van der Waals surface area contributed by atoms with Crippen LogP contribution >= 0.6 is 0 Å². The Hall–Kier alpha value is -2.16. The number of hydrogen-bond donors (Lipinski definition) is 2. The van der Waals surface area contributed by atoms with Crippen LogP contribution < -0.4 is 4.90 Å². The van der Waals surface area contributed by atoms with Gasteiger partial charge in [0.05, 0.1) is 4.90 Å². The third-order valence-electron chi connectivity index (χ3n) is 4.71. The Bertz CT molecular complexity index is 941. The Kier molecular flexibility index (Phi) is 4.22. The molecule has 1 aliphatic heterocycles. The molecule has 25 heavy (non-hydrogen) atoms. The molecule has 134 valence electrons. The van der Waals surface area contributed by atoms with Crippen LogP contribution in [0, 0.1) is 0 Å². The first kappa shape index (κ1) is 17.7. The SMILES string of the molecule is CN(C)c1cccc2c(S(=O)(=O)[C@@]3(C(=O)O)CCCN3O)cccc12. The normalized spacial score (nSPS) is 21.6. The first-order chi connectivity index (χ1) is 11.7. The van der Waals surface area contributed by atoms with Crippen molar-refractivity contribution in [2.24, 2.45) is 0 Å². The summed E-state index contributed by atoms with van der Waals surface area (Å²) in [6, 6.07) is 10.0. The van der Waals surface area contributed by atoms with Crippen LogP contribution in [0.5, 0.6) is 0 Å². The van der Waals surface area contributed by atoms with Crippen molar-refractivity contribution < 1.29 is 23.5 Å². The monoisotopic (exact) mass is 364 g/mol. The first-order valence-corrected chi connectivity index (χ1v) is 9.35. The second kappa shape index (κ2) is 5.98. The highest BCUT2D eigenvalue weighted by molar-refractivity contribution is 7.93. The molecule has 0 radical (unpaired) electrons. The number of hydroxylamine groups is 2. The number of carboxylic acid groups (broad SMARTS) is 1. The highest BCUT2D eigenvalue weighted by atomic mass is 32.2. The minimum absolute atomic E-state index is 0.000750. The molecule has 3 rings (SSSR count). The van der Waals surface area contributed by atoms with Gasteiger partial charge in [0.2, 0.25) is 14.7 Å². The van der Waals surface area contributed by atoms with E-state index in [1.807, 2.05) is 25.1 Å². The van der Waals surface area contributed by atoms with E-state index in [4.69, 9.17) is 0 Å². The molecule has 1 saturated heterocycles. The Morgan fingerprint density at radius 3 is 2.36 bits per heavy atom. The van der Waals surface area contributed by atoms with Crippen molar-refractivity contribution in [3.63, 3.8) is 0 Å². The fourth-order valence-electron chi connectivity index (χ4n) is 3.45. The lowest BCUT2D eigenvalue weighted by Gasteiger charge is -2.30. The third-order valence-corrected chi connectivity index (χ3v) is 7.13. The van der Waals surface area contributed by atoms with Crippen LogP contribution in [0.3, 0.4) is 0 Å². The average Bonchev–Trinajstić information content (AvgIpc) is 2.96. The minimum Gasteiger partial charge on any atom is -0.479 e. The number of fused-ring (bicyclic) bond motifs is 1. The van der Waals surface area contributed by atoms with Crippen LogP contribution in [-0.2, 0) is 14.6 Å². The van der Waals surface area contributed by atoms with Gasteiger partial charge in [-0.15, -0.1) is 0 Å². The highest BCUT2D eigenvalue weighted by Crippen LogP contribution is 2.41. The number of nitrogens with zero attached hydrogens (tertiary/aromatic N) is 2. The Balaban J connectivity index is 2.32. The summed E-state index contributed by atoms with van der Waals surface area (Å²) >= 11 is 0. The second-order valence-electron chi connectivity index (χ2n) is 6.34. The van der Waals surface area contributed by atoms with Gasteiger partial charge < -0.3 is 15.2 Å². The van der Waals surface area contributed by atoms with E-state index in [-0.39, 0.29) is 24.3 Å². The van der Waals surface area contributed by atoms with Crippen LogP contribution in [0.15, 0.2) is 41.3 Å². The number of carbonyl (C=O) groups is 1. The predicted molar refractivity (Wildman–Crippen MR) is 93.6 cm³/mol. The van der Waals surface area contributed by atoms with Gasteiger partial charge in [-0.25, -0.2) is 13.2 Å². The van der Waals surface area contributed by atoms with Gasteiger partial charge in [-0.2, -0.15) is 5.06 Å². The van der Waals surface area contributed by atoms with Crippen molar-refractivity contribution in [3.8, 4) is 0 Å². The van der Waals surface area contributed by atoms with Crippen LogP contribution in [0.1, 0.15) is 12.8 Å². The maximum atomic E-state index is 13.3. The quantitative estimate of drug-likeness (QED) is 0.855.